The highest BCUT2D eigenvalue weighted by Crippen LogP contribution is 2.24. The third-order valence-electron chi connectivity index (χ3n) is 2.35. The number of aryl methyl sites for hydroxylation is 1. The first kappa shape index (κ1) is 9.71. The molecule has 2 rings (SSSR count). The van der Waals surface area contributed by atoms with Crippen molar-refractivity contribution >= 4 is 0 Å². The van der Waals surface area contributed by atoms with E-state index in [1.165, 1.54) is 5.56 Å². The zero-order chi connectivity index (χ0) is 10.7. The molecule has 0 N–H and O–H groups in total. The van der Waals surface area contributed by atoms with E-state index in [-0.39, 0.29) is 0 Å². The summed E-state index contributed by atoms with van der Waals surface area (Å²) in [6.07, 6.45) is 1.81. The molecule has 0 saturated carbocycles. The quantitative estimate of drug-likeness (QED) is 0.741. The minimum absolute atomic E-state index is 0.859. The molecule has 76 valence electrons. The molecule has 0 fully saturated rings. The van der Waals surface area contributed by atoms with Crippen LogP contribution in [0.1, 0.15) is 5.56 Å². The van der Waals surface area contributed by atoms with Gasteiger partial charge in [0.2, 0.25) is 0 Å². The molecule has 0 unspecified atom stereocenters. The molecule has 2 heteroatoms. The number of ether oxygens (including phenoxy) is 1. The van der Waals surface area contributed by atoms with Crippen LogP contribution in [0.2, 0.25) is 0 Å². The number of benzene rings is 1. The molecule has 15 heavy (non-hydrogen) atoms. The third-order valence-corrected chi connectivity index (χ3v) is 2.35. The van der Waals surface area contributed by atoms with Gasteiger partial charge in [0.15, 0.2) is 0 Å². The minimum Gasteiger partial charge on any atom is -0.497 e. The lowest BCUT2D eigenvalue weighted by atomic mass is 10.1. The highest BCUT2D eigenvalue weighted by Gasteiger charge is 2.03. The third kappa shape index (κ3) is 1.99. The van der Waals surface area contributed by atoms with Crippen molar-refractivity contribution in [2.45, 2.75) is 6.92 Å². The zero-order valence-corrected chi connectivity index (χ0v) is 8.90. The van der Waals surface area contributed by atoms with Crippen LogP contribution in [0.5, 0.6) is 5.75 Å². The normalized spacial score (nSPS) is 10.0. The Morgan fingerprint density at radius 2 is 2.00 bits per heavy atom. The highest BCUT2D eigenvalue weighted by molar-refractivity contribution is 5.64. The molecule has 0 amide bonds. The summed E-state index contributed by atoms with van der Waals surface area (Å²) < 4.78 is 5.19. The Kier molecular flexibility index (Phi) is 2.68. The van der Waals surface area contributed by atoms with Crippen molar-refractivity contribution in [2.24, 2.45) is 0 Å². The standard InChI is InChI=1S/C13H13NO/c1-10-5-4-8-14-13(10)11-6-3-7-12(9-11)15-2/h3-9H,1-2H3. The van der Waals surface area contributed by atoms with E-state index >= 15 is 0 Å². The topological polar surface area (TPSA) is 22.1 Å². The maximum Gasteiger partial charge on any atom is 0.119 e. The fraction of sp³-hybridized carbons (Fsp3) is 0.154. The van der Waals surface area contributed by atoms with E-state index in [1.54, 1.807) is 7.11 Å². The van der Waals surface area contributed by atoms with Crippen molar-refractivity contribution < 1.29 is 4.74 Å². The van der Waals surface area contributed by atoms with Gasteiger partial charge in [-0.25, -0.2) is 0 Å². The number of nitrogens with zero attached hydrogens (tertiary/aromatic N) is 1. The van der Waals surface area contributed by atoms with Crippen LogP contribution >= 0.6 is 0 Å². The predicted molar refractivity (Wildman–Crippen MR) is 61.0 cm³/mol. The van der Waals surface area contributed by atoms with Crippen molar-refractivity contribution in [2.75, 3.05) is 7.11 Å². The van der Waals surface area contributed by atoms with Gasteiger partial charge >= 0.3 is 0 Å². The molecule has 1 heterocycles. The second kappa shape index (κ2) is 4.13. The van der Waals surface area contributed by atoms with Crippen LogP contribution in [-0.4, -0.2) is 12.1 Å². The van der Waals surface area contributed by atoms with Crippen LogP contribution in [-0.2, 0) is 0 Å². The molecule has 0 aliphatic carbocycles. The van der Waals surface area contributed by atoms with Gasteiger partial charge in [-0.3, -0.25) is 4.98 Å². The van der Waals surface area contributed by atoms with Crippen molar-refractivity contribution in [1.82, 2.24) is 4.98 Å². The zero-order valence-electron chi connectivity index (χ0n) is 8.90. The van der Waals surface area contributed by atoms with Crippen molar-refractivity contribution in [3.63, 3.8) is 0 Å². The smallest absolute Gasteiger partial charge is 0.119 e. The van der Waals surface area contributed by atoms with E-state index in [4.69, 9.17) is 4.74 Å². The summed E-state index contributed by atoms with van der Waals surface area (Å²) in [5, 5.41) is 0. The molecular formula is C13H13NO. The molecule has 0 aliphatic heterocycles. The molecule has 0 atom stereocenters. The molecule has 0 aliphatic rings. The van der Waals surface area contributed by atoms with Gasteiger partial charge in [-0.1, -0.05) is 18.2 Å². The minimum atomic E-state index is 0.859. The lowest BCUT2D eigenvalue weighted by molar-refractivity contribution is 0.415. The van der Waals surface area contributed by atoms with Gasteiger partial charge in [0.05, 0.1) is 12.8 Å². The molecule has 2 aromatic rings. The second-order valence-corrected chi connectivity index (χ2v) is 3.40. The van der Waals surface area contributed by atoms with Gasteiger partial charge in [0.1, 0.15) is 5.75 Å². The Hall–Kier alpha value is -1.83. The van der Waals surface area contributed by atoms with Crippen LogP contribution in [0.15, 0.2) is 42.6 Å². The number of aromatic nitrogens is 1. The molecule has 0 spiro atoms. The van der Waals surface area contributed by atoms with Gasteiger partial charge in [0, 0.05) is 11.8 Å². The fourth-order valence-corrected chi connectivity index (χ4v) is 1.56. The van der Waals surface area contributed by atoms with E-state index in [0.29, 0.717) is 0 Å². The molecule has 0 radical (unpaired) electrons. The summed E-state index contributed by atoms with van der Waals surface area (Å²) in [6, 6.07) is 11.9. The first-order chi connectivity index (χ1) is 7.31. The summed E-state index contributed by atoms with van der Waals surface area (Å²) in [7, 11) is 1.67. The van der Waals surface area contributed by atoms with Gasteiger partial charge in [-0.05, 0) is 30.7 Å². The Bertz CT molecular complexity index is 466. The summed E-state index contributed by atoms with van der Waals surface area (Å²) >= 11 is 0. The van der Waals surface area contributed by atoms with E-state index in [0.717, 1.165) is 17.0 Å². The maximum atomic E-state index is 5.19. The maximum absolute atomic E-state index is 5.19. The van der Waals surface area contributed by atoms with E-state index < -0.39 is 0 Å². The Balaban J connectivity index is 2.49. The van der Waals surface area contributed by atoms with Crippen molar-refractivity contribution in [1.29, 1.82) is 0 Å². The van der Waals surface area contributed by atoms with E-state index in [2.05, 4.69) is 18.0 Å². The van der Waals surface area contributed by atoms with Gasteiger partial charge in [0.25, 0.3) is 0 Å². The van der Waals surface area contributed by atoms with Gasteiger partial charge < -0.3 is 4.74 Å². The first-order valence-electron chi connectivity index (χ1n) is 4.87. The summed E-state index contributed by atoms with van der Waals surface area (Å²) in [4.78, 5) is 4.37. The average Bonchev–Trinajstić information content (AvgIpc) is 2.30. The first-order valence-corrected chi connectivity index (χ1v) is 4.87. The molecule has 1 aromatic heterocycles. The van der Waals surface area contributed by atoms with E-state index in [1.807, 2.05) is 36.5 Å². The SMILES string of the molecule is COc1cccc(-c2ncccc2C)c1. The van der Waals surface area contributed by atoms with Crippen LogP contribution < -0.4 is 4.74 Å². The van der Waals surface area contributed by atoms with Crippen LogP contribution in [0, 0.1) is 6.92 Å². The Labute approximate surface area is 89.6 Å². The highest BCUT2D eigenvalue weighted by atomic mass is 16.5. The number of methoxy groups -OCH3 is 1. The number of hydrogen-bond donors (Lipinski definition) is 0. The Morgan fingerprint density at radius 3 is 2.73 bits per heavy atom. The van der Waals surface area contributed by atoms with Crippen molar-refractivity contribution in [3.05, 3.63) is 48.2 Å². The number of pyridine rings is 1. The summed E-state index contributed by atoms with van der Waals surface area (Å²) in [5.41, 5.74) is 3.27. The molecule has 1 aromatic carbocycles. The van der Waals surface area contributed by atoms with E-state index in [9.17, 15) is 0 Å². The monoisotopic (exact) mass is 199 g/mol. The second-order valence-electron chi connectivity index (χ2n) is 3.40. The number of hydrogen-bond acceptors (Lipinski definition) is 2. The Morgan fingerprint density at radius 1 is 1.13 bits per heavy atom. The van der Waals surface area contributed by atoms with Crippen LogP contribution in [0.3, 0.4) is 0 Å². The predicted octanol–water partition coefficient (Wildman–Crippen LogP) is 3.07. The largest absolute Gasteiger partial charge is 0.497 e. The molecule has 0 bridgehead atoms. The lowest BCUT2D eigenvalue weighted by Gasteiger charge is -2.06. The molecule has 2 nitrogen and oxygen atoms in total. The number of rotatable bonds is 2. The average molecular weight is 199 g/mol. The van der Waals surface area contributed by atoms with Crippen LogP contribution in [0.4, 0.5) is 0 Å². The summed E-state index contributed by atoms with van der Waals surface area (Å²) in [6.45, 7) is 2.06. The molecular weight excluding hydrogens is 186 g/mol. The fourth-order valence-electron chi connectivity index (χ4n) is 1.56. The van der Waals surface area contributed by atoms with Gasteiger partial charge in [-0.15, -0.1) is 0 Å². The molecule has 0 saturated heterocycles. The lowest BCUT2D eigenvalue weighted by Crippen LogP contribution is -1.88. The van der Waals surface area contributed by atoms with Gasteiger partial charge in [-0.2, -0.15) is 0 Å². The van der Waals surface area contributed by atoms with Crippen LogP contribution in [0.25, 0.3) is 11.3 Å². The summed E-state index contributed by atoms with van der Waals surface area (Å²) in [5.74, 6) is 0.859. The van der Waals surface area contributed by atoms with Crippen molar-refractivity contribution in [3.8, 4) is 17.0 Å².